The molecule has 0 unspecified atom stereocenters. The fourth-order valence-electron chi connectivity index (χ4n) is 2.44. The van der Waals surface area contributed by atoms with Crippen molar-refractivity contribution in [2.45, 2.75) is 27.2 Å². The van der Waals surface area contributed by atoms with E-state index in [1.807, 2.05) is 17.9 Å². The van der Waals surface area contributed by atoms with Crippen molar-refractivity contribution in [3.63, 3.8) is 0 Å². The van der Waals surface area contributed by atoms with Gasteiger partial charge in [-0.25, -0.2) is 4.79 Å². The molecular formula is C15H22N2O3S. The van der Waals surface area contributed by atoms with E-state index in [0.29, 0.717) is 32.8 Å². The summed E-state index contributed by atoms with van der Waals surface area (Å²) in [5.41, 5.74) is 1.19. The molecule has 0 spiro atoms. The van der Waals surface area contributed by atoms with E-state index in [2.05, 4.69) is 6.92 Å². The molecule has 5 nitrogen and oxygen atoms in total. The van der Waals surface area contributed by atoms with Crippen molar-refractivity contribution in [2.75, 3.05) is 32.8 Å². The minimum Gasteiger partial charge on any atom is -0.450 e. The maximum atomic E-state index is 12.5. The van der Waals surface area contributed by atoms with Crippen molar-refractivity contribution in [3.05, 3.63) is 21.4 Å². The van der Waals surface area contributed by atoms with Crippen LogP contribution in [0.25, 0.3) is 0 Å². The summed E-state index contributed by atoms with van der Waals surface area (Å²) in [6, 6.07) is 1.98. The highest BCUT2D eigenvalue weighted by atomic mass is 32.1. The molecule has 0 aromatic carbocycles. The van der Waals surface area contributed by atoms with E-state index in [9.17, 15) is 9.59 Å². The van der Waals surface area contributed by atoms with Gasteiger partial charge in [-0.15, -0.1) is 11.3 Å². The van der Waals surface area contributed by atoms with Crippen LogP contribution in [-0.2, 0) is 11.2 Å². The van der Waals surface area contributed by atoms with Crippen molar-refractivity contribution in [3.8, 4) is 0 Å². The molecule has 1 saturated heterocycles. The molecule has 0 bridgehead atoms. The summed E-state index contributed by atoms with van der Waals surface area (Å²) in [4.78, 5) is 29.7. The van der Waals surface area contributed by atoms with Crippen molar-refractivity contribution in [1.82, 2.24) is 9.80 Å². The van der Waals surface area contributed by atoms with Crippen molar-refractivity contribution < 1.29 is 14.3 Å². The minimum absolute atomic E-state index is 0.0753. The molecule has 2 rings (SSSR count). The number of nitrogens with zero attached hydrogens (tertiary/aromatic N) is 2. The number of ether oxygens (including phenoxy) is 1. The summed E-state index contributed by atoms with van der Waals surface area (Å²) >= 11 is 1.58. The second-order valence-corrected chi connectivity index (χ2v) is 6.19. The van der Waals surface area contributed by atoms with Gasteiger partial charge in [-0.2, -0.15) is 0 Å². The number of amides is 2. The first-order valence-corrected chi connectivity index (χ1v) is 8.18. The summed E-state index contributed by atoms with van der Waals surface area (Å²) in [6.45, 7) is 8.53. The summed E-state index contributed by atoms with van der Waals surface area (Å²) in [5, 5.41) is 0. The van der Waals surface area contributed by atoms with Crippen LogP contribution in [-0.4, -0.2) is 54.6 Å². The van der Waals surface area contributed by atoms with Crippen LogP contribution in [0.5, 0.6) is 0 Å². The number of hydrogen-bond donors (Lipinski definition) is 0. The van der Waals surface area contributed by atoms with Gasteiger partial charge in [0, 0.05) is 31.1 Å². The van der Waals surface area contributed by atoms with Gasteiger partial charge in [0.05, 0.1) is 11.5 Å². The van der Waals surface area contributed by atoms with Gasteiger partial charge in [-0.3, -0.25) is 4.79 Å². The number of piperazine rings is 1. The molecule has 0 aliphatic carbocycles. The third-order valence-corrected chi connectivity index (χ3v) is 5.01. The van der Waals surface area contributed by atoms with Crippen LogP contribution in [0, 0.1) is 6.92 Å². The average molecular weight is 310 g/mol. The number of carbonyl (C=O) groups excluding carboxylic acids is 2. The van der Waals surface area contributed by atoms with Gasteiger partial charge in [-0.1, -0.05) is 6.92 Å². The van der Waals surface area contributed by atoms with Gasteiger partial charge in [0.25, 0.3) is 5.91 Å². The van der Waals surface area contributed by atoms with Gasteiger partial charge < -0.3 is 14.5 Å². The van der Waals surface area contributed by atoms with E-state index < -0.39 is 0 Å². The molecule has 0 saturated carbocycles. The molecule has 1 aliphatic heterocycles. The third kappa shape index (κ3) is 3.56. The predicted octanol–water partition coefficient (Wildman–Crippen LogP) is 2.53. The number of rotatable bonds is 3. The van der Waals surface area contributed by atoms with Gasteiger partial charge in [0.15, 0.2) is 0 Å². The Morgan fingerprint density at radius 1 is 1.19 bits per heavy atom. The molecule has 6 heteroatoms. The van der Waals surface area contributed by atoms with E-state index in [1.54, 1.807) is 23.2 Å². The lowest BCUT2D eigenvalue weighted by molar-refractivity contribution is 0.0574. The monoisotopic (exact) mass is 310 g/mol. The van der Waals surface area contributed by atoms with Gasteiger partial charge in [-0.05, 0) is 31.9 Å². The molecule has 2 heterocycles. The molecule has 1 aromatic heterocycles. The van der Waals surface area contributed by atoms with Crippen molar-refractivity contribution in [1.29, 1.82) is 0 Å². The summed E-state index contributed by atoms with van der Waals surface area (Å²) < 4.78 is 4.98. The zero-order valence-corrected chi connectivity index (χ0v) is 13.7. The van der Waals surface area contributed by atoms with Gasteiger partial charge >= 0.3 is 6.09 Å². The van der Waals surface area contributed by atoms with Crippen LogP contribution in [0.15, 0.2) is 6.07 Å². The van der Waals surface area contributed by atoms with Crippen LogP contribution in [0.4, 0.5) is 4.79 Å². The largest absolute Gasteiger partial charge is 0.450 e. The van der Waals surface area contributed by atoms with Crippen molar-refractivity contribution >= 4 is 23.3 Å². The maximum Gasteiger partial charge on any atom is 0.409 e. The highest BCUT2D eigenvalue weighted by Gasteiger charge is 2.26. The van der Waals surface area contributed by atoms with Crippen LogP contribution in [0.3, 0.4) is 0 Å². The highest BCUT2D eigenvalue weighted by molar-refractivity contribution is 7.14. The molecule has 0 radical (unpaired) electrons. The SMILES string of the molecule is CCOC(=O)N1CCN(C(=O)c2cc(C)c(CC)s2)CC1. The number of hydrogen-bond acceptors (Lipinski definition) is 4. The molecule has 21 heavy (non-hydrogen) atoms. The first-order valence-electron chi connectivity index (χ1n) is 7.37. The molecular weight excluding hydrogens is 288 g/mol. The Labute approximate surface area is 129 Å². The smallest absolute Gasteiger partial charge is 0.409 e. The van der Waals surface area contributed by atoms with E-state index in [4.69, 9.17) is 4.74 Å². The number of aryl methyl sites for hydroxylation is 2. The predicted molar refractivity (Wildman–Crippen MR) is 82.9 cm³/mol. The van der Waals surface area contributed by atoms with Gasteiger partial charge in [0.1, 0.15) is 0 Å². The van der Waals surface area contributed by atoms with Gasteiger partial charge in [0.2, 0.25) is 0 Å². The van der Waals surface area contributed by atoms with Crippen LogP contribution < -0.4 is 0 Å². The Hall–Kier alpha value is -1.56. The fraction of sp³-hybridized carbons (Fsp3) is 0.600. The maximum absolute atomic E-state index is 12.5. The lowest BCUT2D eigenvalue weighted by Gasteiger charge is -2.33. The van der Waals surface area contributed by atoms with E-state index >= 15 is 0 Å². The Balaban J connectivity index is 1.95. The molecule has 2 amide bonds. The fourth-order valence-corrected chi connectivity index (χ4v) is 3.52. The number of carbonyl (C=O) groups is 2. The lowest BCUT2D eigenvalue weighted by atomic mass is 10.2. The van der Waals surface area contributed by atoms with Crippen LogP contribution >= 0.6 is 11.3 Å². The van der Waals surface area contributed by atoms with Crippen LogP contribution in [0.2, 0.25) is 0 Å². The quantitative estimate of drug-likeness (QED) is 0.862. The first kappa shape index (κ1) is 15.8. The third-order valence-electron chi connectivity index (χ3n) is 3.65. The Bertz CT molecular complexity index is 519. The summed E-state index contributed by atoms with van der Waals surface area (Å²) in [7, 11) is 0. The van der Waals surface area contributed by atoms with E-state index in [-0.39, 0.29) is 12.0 Å². The normalized spacial score (nSPS) is 15.2. The van der Waals surface area contributed by atoms with E-state index in [1.165, 1.54) is 10.4 Å². The lowest BCUT2D eigenvalue weighted by Crippen LogP contribution is -2.50. The molecule has 1 aromatic rings. The Morgan fingerprint density at radius 3 is 2.33 bits per heavy atom. The summed E-state index contributed by atoms with van der Waals surface area (Å²) in [5.74, 6) is 0.0753. The second-order valence-electron chi connectivity index (χ2n) is 5.05. The standard InChI is InChI=1S/C15H22N2O3S/c1-4-12-11(3)10-13(21-12)14(18)16-6-8-17(9-7-16)15(19)20-5-2/h10H,4-9H2,1-3H3. The Morgan fingerprint density at radius 2 is 1.81 bits per heavy atom. The zero-order chi connectivity index (χ0) is 15.4. The highest BCUT2D eigenvalue weighted by Crippen LogP contribution is 2.24. The van der Waals surface area contributed by atoms with E-state index in [0.717, 1.165) is 11.3 Å². The Kier molecular flexibility index (Phi) is 5.22. The molecule has 0 N–H and O–H groups in total. The molecule has 0 atom stereocenters. The summed E-state index contributed by atoms with van der Waals surface area (Å²) in [6.07, 6.45) is 0.672. The first-order chi connectivity index (χ1) is 10.1. The molecule has 116 valence electrons. The molecule has 1 aliphatic rings. The molecule has 1 fully saturated rings. The number of thiophene rings is 1. The zero-order valence-electron chi connectivity index (χ0n) is 12.8. The minimum atomic E-state index is -0.287. The van der Waals surface area contributed by atoms with Crippen molar-refractivity contribution in [2.24, 2.45) is 0 Å². The topological polar surface area (TPSA) is 49.9 Å². The van der Waals surface area contributed by atoms with Crippen LogP contribution in [0.1, 0.15) is 34.0 Å². The average Bonchev–Trinajstić information content (AvgIpc) is 2.88. The second kappa shape index (κ2) is 6.93.